The first-order chi connectivity index (χ1) is 8.16. The molecule has 0 fully saturated rings. The molecule has 2 aromatic rings. The van der Waals surface area contributed by atoms with Crippen LogP contribution in [0.4, 0.5) is 11.4 Å². The maximum atomic E-state index is 5.74. The van der Waals surface area contributed by atoms with Gasteiger partial charge in [-0.15, -0.1) is 0 Å². The highest BCUT2D eigenvalue weighted by molar-refractivity contribution is 5.52. The van der Waals surface area contributed by atoms with Gasteiger partial charge >= 0.3 is 0 Å². The highest BCUT2D eigenvalue weighted by atomic mass is 15.1. The number of para-hydroxylation sites is 1. The second-order valence-corrected chi connectivity index (χ2v) is 4.22. The van der Waals surface area contributed by atoms with Gasteiger partial charge in [-0.05, 0) is 30.7 Å². The Bertz CT molecular complexity index is 508. The van der Waals surface area contributed by atoms with Crippen LogP contribution in [0.25, 0.3) is 0 Å². The first kappa shape index (κ1) is 11.5. The van der Waals surface area contributed by atoms with Gasteiger partial charge in [-0.1, -0.05) is 18.2 Å². The number of anilines is 2. The third kappa shape index (κ3) is 2.75. The van der Waals surface area contributed by atoms with Gasteiger partial charge in [0.1, 0.15) is 0 Å². The summed E-state index contributed by atoms with van der Waals surface area (Å²) >= 11 is 0. The highest BCUT2D eigenvalue weighted by Crippen LogP contribution is 2.19. The molecular weight excluding hydrogens is 210 g/mol. The lowest BCUT2D eigenvalue weighted by Crippen LogP contribution is -2.18. The SMILES string of the molecule is Cc1ccccc1N(C)Cc1cc(N)ccn1. The molecule has 0 bridgehead atoms. The largest absolute Gasteiger partial charge is 0.399 e. The molecule has 2 rings (SSSR count). The number of hydrogen-bond acceptors (Lipinski definition) is 3. The van der Waals surface area contributed by atoms with E-state index in [2.05, 4.69) is 36.0 Å². The minimum Gasteiger partial charge on any atom is -0.399 e. The lowest BCUT2D eigenvalue weighted by Gasteiger charge is -2.21. The zero-order valence-electron chi connectivity index (χ0n) is 10.2. The van der Waals surface area contributed by atoms with E-state index in [4.69, 9.17) is 5.73 Å². The standard InChI is InChI=1S/C14H17N3/c1-11-5-3-4-6-14(11)17(2)10-13-9-12(15)7-8-16-13/h3-9H,10H2,1-2H3,(H2,15,16). The molecule has 0 atom stereocenters. The summed E-state index contributed by atoms with van der Waals surface area (Å²) in [6.07, 6.45) is 1.75. The molecule has 0 amide bonds. The molecule has 88 valence electrons. The van der Waals surface area contributed by atoms with Crippen LogP contribution in [0.2, 0.25) is 0 Å². The topological polar surface area (TPSA) is 42.1 Å². The summed E-state index contributed by atoms with van der Waals surface area (Å²) in [6, 6.07) is 12.0. The molecule has 0 aliphatic heterocycles. The number of nitrogens with zero attached hydrogens (tertiary/aromatic N) is 2. The van der Waals surface area contributed by atoms with Gasteiger partial charge in [0, 0.05) is 24.6 Å². The first-order valence-electron chi connectivity index (χ1n) is 5.64. The fraction of sp³-hybridized carbons (Fsp3) is 0.214. The summed E-state index contributed by atoms with van der Waals surface area (Å²) in [5, 5.41) is 0. The highest BCUT2D eigenvalue weighted by Gasteiger charge is 2.05. The summed E-state index contributed by atoms with van der Waals surface area (Å²) in [5.74, 6) is 0. The summed E-state index contributed by atoms with van der Waals surface area (Å²) in [4.78, 5) is 6.49. The maximum Gasteiger partial charge on any atom is 0.0617 e. The minimum atomic E-state index is 0.758. The lowest BCUT2D eigenvalue weighted by atomic mass is 10.2. The van der Waals surface area contributed by atoms with E-state index in [1.165, 1.54) is 11.3 Å². The Labute approximate surface area is 102 Å². The quantitative estimate of drug-likeness (QED) is 0.876. The number of nitrogens with two attached hydrogens (primary N) is 1. The first-order valence-corrected chi connectivity index (χ1v) is 5.64. The van der Waals surface area contributed by atoms with E-state index in [0.29, 0.717) is 0 Å². The van der Waals surface area contributed by atoms with Gasteiger partial charge in [0.25, 0.3) is 0 Å². The predicted molar refractivity (Wildman–Crippen MR) is 71.9 cm³/mol. The van der Waals surface area contributed by atoms with Crippen molar-refractivity contribution in [2.24, 2.45) is 0 Å². The van der Waals surface area contributed by atoms with Crippen molar-refractivity contribution < 1.29 is 0 Å². The fourth-order valence-electron chi connectivity index (χ4n) is 1.90. The molecule has 2 N–H and O–H groups in total. The number of nitrogen functional groups attached to an aromatic ring is 1. The van der Waals surface area contributed by atoms with Gasteiger partial charge in [-0.25, -0.2) is 0 Å². The Morgan fingerprint density at radius 1 is 1.24 bits per heavy atom. The average molecular weight is 227 g/mol. The van der Waals surface area contributed by atoms with E-state index in [1.54, 1.807) is 12.3 Å². The number of pyridine rings is 1. The van der Waals surface area contributed by atoms with Crippen LogP contribution < -0.4 is 10.6 Å². The molecule has 0 spiro atoms. The van der Waals surface area contributed by atoms with Crippen LogP contribution in [-0.2, 0) is 6.54 Å². The van der Waals surface area contributed by atoms with E-state index in [9.17, 15) is 0 Å². The molecule has 0 saturated carbocycles. The Morgan fingerprint density at radius 3 is 2.71 bits per heavy atom. The number of aromatic nitrogens is 1. The van der Waals surface area contributed by atoms with E-state index in [1.807, 2.05) is 18.2 Å². The van der Waals surface area contributed by atoms with Gasteiger partial charge in [0.05, 0.1) is 12.2 Å². The molecule has 0 radical (unpaired) electrons. The van der Waals surface area contributed by atoms with Gasteiger partial charge < -0.3 is 10.6 Å². The molecule has 0 aliphatic rings. The smallest absolute Gasteiger partial charge is 0.0617 e. The van der Waals surface area contributed by atoms with Crippen molar-refractivity contribution in [3.8, 4) is 0 Å². The van der Waals surface area contributed by atoms with Crippen LogP contribution in [-0.4, -0.2) is 12.0 Å². The summed E-state index contributed by atoms with van der Waals surface area (Å²) in [7, 11) is 2.06. The monoisotopic (exact) mass is 227 g/mol. The fourth-order valence-corrected chi connectivity index (χ4v) is 1.90. The number of aryl methyl sites for hydroxylation is 1. The Hall–Kier alpha value is -2.03. The third-order valence-electron chi connectivity index (χ3n) is 2.77. The van der Waals surface area contributed by atoms with Crippen molar-refractivity contribution in [2.45, 2.75) is 13.5 Å². The third-order valence-corrected chi connectivity index (χ3v) is 2.77. The van der Waals surface area contributed by atoms with Crippen molar-refractivity contribution in [2.75, 3.05) is 17.7 Å². The molecule has 3 nitrogen and oxygen atoms in total. The van der Waals surface area contributed by atoms with Crippen LogP contribution in [0.3, 0.4) is 0 Å². The second-order valence-electron chi connectivity index (χ2n) is 4.22. The van der Waals surface area contributed by atoms with Gasteiger partial charge in [0.2, 0.25) is 0 Å². The zero-order chi connectivity index (χ0) is 12.3. The molecular formula is C14H17N3. The molecule has 3 heteroatoms. The minimum absolute atomic E-state index is 0.758. The normalized spacial score (nSPS) is 10.2. The van der Waals surface area contributed by atoms with Crippen molar-refractivity contribution >= 4 is 11.4 Å². The van der Waals surface area contributed by atoms with Crippen LogP contribution >= 0.6 is 0 Å². The van der Waals surface area contributed by atoms with Gasteiger partial charge in [0.15, 0.2) is 0 Å². The van der Waals surface area contributed by atoms with Crippen LogP contribution in [0.5, 0.6) is 0 Å². The predicted octanol–water partition coefficient (Wildman–Crippen LogP) is 2.61. The molecule has 0 unspecified atom stereocenters. The van der Waals surface area contributed by atoms with Crippen LogP contribution in [0.1, 0.15) is 11.3 Å². The van der Waals surface area contributed by atoms with E-state index < -0.39 is 0 Å². The van der Waals surface area contributed by atoms with Crippen LogP contribution in [0.15, 0.2) is 42.6 Å². The van der Waals surface area contributed by atoms with E-state index >= 15 is 0 Å². The van der Waals surface area contributed by atoms with E-state index in [0.717, 1.165) is 17.9 Å². The summed E-state index contributed by atoms with van der Waals surface area (Å²) in [6.45, 7) is 2.87. The number of benzene rings is 1. The Morgan fingerprint density at radius 2 is 2.00 bits per heavy atom. The Kier molecular flexibility index (Phi) is 3.28. The number of hydrogen-bond donors (Lipinski definition) is 1. The molecule has 0 aliphatic carbocycles. The molecule has 0 saturated heterocycles. The van der Waals surface area contributed by atoms with Crippen LogP contribution in [0, 0.1) is 6.92 Å². The van der Waals surface area contributed by atoms with Crippen molar-refractivity contribution in [3.63, 3.8) is 0 Å². The summed E-state index contributed by atoms with van der Waals surface area (Å²) < 4.78 is 0. The van der Waals surface area contributed by atoms with Gasteiger partial charge in [-0.3, -0.25) is 4.98 Å². The molecule has 1 heterocycles. The zero-order valence-corrected chi connectivity index (χ0v) is 10.2. The molecule has 1 aromatic heterocycles. The maximum absolute atomic E-state index is 5.74. The van der Waals surface area contributed by atoms with Crippen molar-refractivity contribution in [1.82, 2.24) is 4.98 Å². The van der Waals surface area contributed by atoms with Gasteiger partial charge in [-0.2, -0.15) is 0 Å². The lowest BCUT2D eigenvalue weighted by molar-refractivity contribution is 0.881. The summed E-state index contributed by atoms with van der Waals surface area (Å²) in [5.41, 5.74) is 9.97. The average Bonchev–Trinajstić information content (AvgIpc) is 2.29. The molecule has 17 heavy (non-hydrogen) atoms. The van der Waals surface area contributed by atoms with Crippen molar-refractivity contribution in [3.05, 3.63) is 53.9 Å². The Balaban J connectivity index is 2.17. The van der Waals surface area contributed by atoms with E-state index in [-0.39, 0.29) is 0 Å². The van der Waals surface area contributed by atoms with Crippen molar-refractivity contribution in [1.29, 1.82) is 0 Å². The number of rotatable bonds is 3. The second kappa shape index (κ2) is 4.87. The molecule has 1 aromatic carbocycles.